The molecule has 2 heteroatoms. The Kier molecular flexibility index (Phi) is 4.87. The van der Waals surface area contributed by atoms with Gasteiger partial charge in [-0.05, 0) is 43.9 Å². The highest BCUT2D eigenvalue weighted by Crippen LogP contribution is 2.42. The van der Waals surface area contributed by atoms with Crippen molar-refractivity contribution in [3.8, 4) is 0 Å². The van der Waals surface area contributed by atoms with Gasteiger partial charge in [-0.3, -0.25) is 0 Å². The molecule has 0 spiro atoms. The zero-order chi connectivity index (χ0) is 12.1. The first-order valence-corrected chi connectivity index (χ1v) is 7.50. The van der Waals surface area contributed by atoms with Gasteiger partial charge in [-0.25, -0.2) is 0 Å². The van der Waals surface area contributed by atoms with Crippen LogP contribution in [0.25, 0.3) is 0 Å². The summed E-state index contributed by atoms with van der Waals surface area (Å²) in [5.74, 6) is 1.84. The lowest BCUT2D eigenvalue weighted by Crippen LogP contribution is -2.35. The van der Waals surface area contributed by atoms with Gasteiger partial charge in [0.15, 0.2) is 0 Å². The molecule has 0 atom stereocenters. The van der Waals surface area contributed by atoms with Crippen LogP contribution in [0.5, 0.6) is 0 Å². The molecule has 0 aromatic rings. The van der Waals surface area contributed by atoms with Crippen molar-refractivity contribution in [2.24, 2.45) is 17.3 Å². The van der Waals surface area contributed by atoms with Crippen molar-refractivity contribution < 1.29 is 10.2 Å². The molecular formula is C15H28O2. The molecule has 0 unspecified atom stereocenters. The zero-order valence-electron chi connectivity index (χ0n) is 11.0. The van der Waals surface area contributed by atoms with E-state index in [0.717, 1.165) is 24.7 Å². The van der Waals surface area contributed by atoms with Crippen molar-refractivity contribution in [2.75, 3.05) is 13.2 Å². The molecule has 0 aromatic heterocycles. The van der Waals surface area contributed by atoms with Gasteiger partial charge in [0.1, 0.15) is 0 Å². The van der Waals surface area contributed by atoms with E-state index < -0.39 is 0 Å². The number of hydrogen-bond acceptors (Lipinski definition) is 2. The molecule has 2 saturated carbocycles. The Morgan fingerprint density at radius 3 is 1.82 bits per heavy atom. The summed E-state index contributed by atoms with van der Waals surface area (Å²) in [6, 6.07) is 0. The second-order valence-corrected chi connectivity index (χ2v) is 6.50. The Morgan fingerprint density at radius 1 is 0.765 bits per heavy atom. The number of hydrogen-bond donors (Lipinski definition) is 2. The van der Waals surface area contributed by atoms with Crippen molar-refractivity contribution >= 4 is 0 Å². The Morgan fingerprint density at radius 2 is 1.29 bits per heavy atom. The molecule has 2 aliphatic carbocycles. The van der Waals surface area contributed by atoms with E-state index in [-0.39, 0.29) is 18.6 Å². The van der Waals surface area contributed by atoms with Crippen molar-refractivity contribution in [3.05, 3.63) is 0 Å². The lowest BCUT2D eigenvalue weighted by Gasteiger charge is -2.39. The average Bonchev–Trinajstić information content (AvgIpc) is 2.41. The molecule has 100 valence electrons. The van der Waals surface area contributed by atoms with E-state index in [1.165, 1.54) is 51.4 Å². The van der Waals surface area contributed by atoms with Crippen molar-refractivity contribution in [2.45, 2.75) is 64.2 Å². The largest absolute Gasteiger partial charge is 0.396 e. The first-order valence-electron chi connectivity index (χ1n) is 7.50. The van der Waals surface area contributed by atoms with Crippen LogP contribution in [0.2, 0.25) is 0 Å². The second kappa shape index (κ2) is 6.19. The maximum absolute atomic E-state index is 9.39. The first-order chi connectivity index (χ1) is 8.28. The molecule has 2 fully saturated rings. The van der Waals surface area contributed by atoms with Crippen molar-refractivity contribution in [1.82, 2.24) is 0 Å². The van der Waals surface area contributed by atoms with Crippen LogP contribution in [0.1, 0.15) is 64.2 Å². The van der Waals surface area contributed by atoms with Crippen LogP contribution < -0.4 is 0 Å². The van der Waals surface area contributed by atoms with E-state index >= 15 is 0 Å². The molecule has 0 aromatic carbocycles. The fourth-order valence-corrected chi connectivity index (χ4v) is 3.79. The molecule has 17 heavy (non-hydrogen) atoms. The summed E-state index contributed by atoms with van der Waals surface area (Å²) in [6.07, 6.45) is 13.1. The van der Waals surface area contributed by atoms with Gasteiger partial charge < -0.3 is 10.2 Å². The molecule has 2 aliphatic rings. The minimum absolute atomic E-state index is 0.150. The summed E-state index contributed by atoms with van der Waals surface area (Å²) < 4.78 is 0. The predicted molar refractivity (Wildman–Crippen MR) is 69.8 cm³/mol. The molecule has 0 heterocycles. The van der Waals surface area contributed by atoms with Gasteiger partial charge in [0.05, 0.1) is 13.2 Å². The summed E-state index contributed by atoms with van der Waals surface area (Å²) >= 11 is 0. The monoisotopic (exact) mass is 240 g/mol. The Hall–Kier alpha value is -0.0800. The highest BCUT2D eigenvalue weighted by atomic mass is 16.3. The Labute approximate surface area is 105 Å². The quantitative estimate of drug-likeness (QED) is 0.792. The van der Waals surface area contributed by atoms with Crippen LogP contribution >= 0.6 is 0 Å². The zero-order valence-corrected chi connectivity index (χ0v) is 11.0. The van der Waals surface area contributed by atoms with Crippen LogP contribution in [0.3, 0.4) is 0 Å². The van der Waals surface area contributed by atoms with Gasteiger partial charge in [-0.2, -0.15) is 0 Å². The molecule has 2 N–H and O–H groups in total. The minimum atomic E-state index is -0.150. The van der Waals surface area contributed by atoms with Crippen LogP contribution in [0.4, 0.5) is 0 Å². The number of rotatable bonds is 4. The number of aliphatic hydroxyl groups excluding tert-OH is 2. The molecule has 0 aliphatic heterocycles. The highest BCUT2D eigenvalue weighted by molar-refractivity contribution is 4.85. The van der Waals surface area contributed by atoms with Gasteiger partial charge in [0, 0.05) is 5.41 Å². The summed E-state index contributed by atoms with van der Waals surface area (Å²) in [5.41, 5.74) is -0.150. The van der Waals surface area contributed by atoms with Gasteiger partial charge in [0.2, 0.25) is 0 Å². The van der Waals surface area contributed by atoms with E-state index in [1.54, 1.807) is 0 Å². The van der Waals surface area contributed by atoms with Crippen molar-refractivity contribution in [1.29, 1.82) is 0 Å². The minimum Gasteiger partial charge on any atom is -0.396 e. The summed E-state index contributed by atoms with van der Waals surface area (Å²) in [6.45, 7) is 0.333. The van der Waals surface area contributed by atoms with Crippen LogP contribution in [0, 0.1) is 17.3 Å². The number of aliphatic hydroxyl groups is 2. The summed E-state index contributed by atoms with van der Waals surface area (Å²) in [5, 5.41) is 18.8. The van der Waals surface area contributed by atoms with Gasteiger partial charge in [0.25, 0.3) is 0 Å². The predicted octanol–water partition coefficient (Wildman–Crippen LogP) is 3.12. The fraction of sp³-hybridized carbons (Fsp3) is 1.00. The Balaban J connectivity index is 1.74. The highest BCUT2D eigenvalue weighted by Gasteiger charge is 2.34. The first kappa shape index (κ1) is 13.4. The maximum Gasteiger partial charge on any atom is 0.0509 e. The lowest BCUT2D eigenvalue weighted by atomic mass is 9.68. The SMILES string of the molecule is OCC1(CO)CCC(CC2CCCCC2)CC1. The topological polar surface area (TPSA) is 40.5 Å². The van der Waals surface area contributed by atoms with Gasteiger partial charge in [-0.15, -0.1) is 0 Å². The van der Waals surface area contributed by atoms with Gasteiger partial charge in [-0.1, -0.05) is 32.1 Å². The van der Waals surface area contributed by atoms with Gasteiger partial charge >= 0.3 is 0 Å². The third-order valence-corrected chi connectivity index (χ3v) is 5.23. The third kappa shape index (κ3) is 3.45. The molecule has 2 nitrogen and oxygen atoms in total. The summed E-state index contributed by atoms with van der Waals surface area (Å²) in [4.78, 5) is 0. The molecule has 2 rings (SSSR count). The second-order valence-electron chi connectivity index (χ2n) is 6.50. The molecule has 0 radical (unpaired) electrons. The van der Waals surface area contributed by atoms with Crippen LogP contribution in [-0.4, -0.2) is 23.4 Å². The molecular weight excluding hydrogens is 212 g/mol. The standard InChI is InChI=1S/C15H28O2/c16-11-15(12-17)8-6-14(7-9-15)10-13-4-2-1-3-5-13/h13-14,16-17H,1-12H2. The fourth-order valence-electron chi connectivity index (χ4n) is 3.79. The molecule has 0 bridgehead atoms. The third-order valence-electron chi connectivity index (χ3n) is 5.23. The molecule has 0 amide bonds. The summed E-state index contributed by atoms with van der Waals surface area (Å²) in [7, 11) is 0. The van der Waals surface area contributed by atoms with E-state index in [4.69, 9.17) is 0 Å². The van der Waals surface area contributed by atoms with Crippen LogP contribution in [0.15, 0.2) is 0 Å². The van der Waals surface area contributed by atoms with E-state index in [0.29, 0.717) is 0 Å². The van der Waals surface area contributed by atoms with Crippen molar-refractivity contribution in [3.63, 3.8) is 0 Å². The van der Waals surface area contributed by atoms with E-state index in [9.17, 15) is 10.2 Å². The van der Waals surface area contributed by atoms with Crippen LogP contribution in [-0.2, 0) is 0 Å². The van der Waals surface area contributed by atoms with E-state index in [2.05, 4.69) is 0 Å². The molecule has 0 saturated heterocycles. The average molecular weight is 240 g/mol. The normalized spacial score (nSPS) is 27.2. The maximum atomic E-state index is 9.39. The Bertz CT molecular complexity index is 207. The smallest absolute Gasteiger partial charge is 0.0509 e. The lowest BCUT2D eigenvalue weighted by molar-refractivity contribution is 0.00720. The van der Waals surface area contributed by atoms with E-state index in [1.807, 2.05) is 0 Å².